The van der Waals surface area contributed by atoms with Gasteiger partial charge in [-0.25, -0.2) is 0 Å². The van der Waals surface area contributed by atoms with Gasteiger partial charge in [0.15, 0.2) is 5.11 Å². The van der Waals surface area contributed by atoms with Crippen molar-refractivity contribution in [3.63, 3.8) is 0 Å². The molecule has 1 fully saturated rings. The second kappa shape index (κ2) is 7.13. The van der Waals surface area contributed by atoms with Crippen LogP contribution in [0.1, 0.15) is 63.5 Å². The van der Waals surface area contributed by atoms with Crippen molar-refractivity contribution in [3.05, 3.63) is 65.5 Å². The number of hydrogen-bond donors (Lipinski definition) is 1. The highest BCUT2D eigenvalue weighted by molar-refractivity contribution is 7.80. The van der Waals surface area contributed by atoms with E-state index in [4.69, 9.17) is 12.2 Å². The van der Waals surface area contributed by atoms with E-state index in [9.17, 15) is 0 Å². The van der Waals surface area contributed by atoms with Gasteiger partial charge in [-0.15, -0.1) is 0 Å². The molecule has 2 aliphatic rings. The van der Waals surface area contributed by atoms with E-state index in [1.807, 2.05) is 18.3 Å². The highest BCUT2D eigenvalue weighted by Gasteiger charge is 2.41. The third-order valence-electron chi connectivity index (χ3n) is 6.27. The summed E-state index contributed by atoms with van der Waals surface area (Å²) in [6.07, 6.45) is 4.21. The molecular weight excluding hydrogens is 376 g/mol. The van der Waals surface area contributed by atoms with Gasteiger partial charge in [-0.05, 0) is 82.2 Å². The average Bonchev–Trinajstić information content (AvgIpc) is 3.04. The normalized spacial score (nSPS) is 23.1. The van der Waals surface area contributed by atoms with Crippen LogP contribution in [0.2, 0.25) is 0 Å². The summed E-state index contributed by atoms with van der Waals surface area (Å²) in [6, 6.07) is 13.4. The standard InChI is InChI=1S/C24H30N4S/c1-15(2)28-22(21(26-23(28)29)19-9-7-8-12-25-19)17-10-11-20-18(13-17)16(3)14-24(4,5)27(20)6/h7-15,21-22H,1-6H3,(H,26,29)/t21-,22+/m1/s1. The van der Waals surface area contributed by atoms with Crippen LogP contribution in [0.5, 0.6) is 0 Å². The van der Waals surface area contributed by atoms with Gasteiger partial charge in [0.1, 0.15) is 0 Å². The molecule has 29 heavy (non-hydrogen) atoms. The molecule has 1 saturated heterocycles. The molecule has 0 bridgehead atoms. The van der Waals surface area contributed by atoms with Crippen LogP contribution in [-0.4, -0.2) is 33.6 Å². The summed E-state index contributed by atoms with van der Waals surface area (Å²) in [5.74, 6) is 0. The lowest BCUT2D eigenvalue weighted by Crippen LogP contribution is -2.42. The van der Waals surface area contributed by atoms with Crippen LogP contribution < -0.4 is 10.2 Å². The molecule has 0 unspecified atom stereocenters. The van der Waals surface area contributed by atoms with Gasteiger partial charge < -0.3 is 15.1 Å². The van der Waals surface area contributed by atoms with Gasteiger partial charge in [-0.1, -0.05) is 18.2 Å². The molecule has 2 aliphatic heterocycles. The van der Waals surface area contributed by atoms with E-state index >= 15 is 0 Å². The molecule has 2 atom stereocenters. The van der Waals surface area contributed by atoms with Crippen molar-refractivity contribution in [1.82, 2.24) is 15.2 Å². The van der Waals surface area contributed by atoms with Crippen LogP contribution in [0.25, 0.3) is 5.57 Å². The highest BCUT2D eigenvalue weighted by Crippen LogP contribution is 2.44. The molecule has 1 aromatic heterocycles. The van der Waals surface area contributed by atoms with E-state index < -0.39 is 0 Å². The number of likely N-dealkylation sites (N-methyl/N-ethyl adjacent to an activating group) is 1. The number of allylic oxidation sites excluding steroid dienone is 1. The first kappa shape index (κ1) is 19.9. The maximum atomic E-state index is 5.73. The van der Waals surface area contributed by atoms with E-state index in [-0.39, 0.29) is 17.6 Å². The van der Waals surface area contributed by atoms with Crippen molar-refractivity contribution in [1.29, 1.82) is 0 Å². The third-order valence-corrected chi connectivity index (χ3v) is 6.60. The molecule has 0 radical (unpaired) electrons. The first-order valence-electron chi connectivity index (χ1n) is 10.3. The van der Waals surface area contributed by atoms with Crippen LogP contribution in [0.4, 0.5) is 5.69 Å². The zero-order valence-corrected chi connectivity index (χ0v) is 18.9. The molecule has 1 N–H and O–H groups in total. The molecule has 0 spiro atoms. The van der Waals surface area contributed by atoms with E-state index in [1.165, 1.54) is 22.4 Å². The Hall–Kier alpha value is -2.40. The van der Waals surface area contributed by atoms with Crippen molar-refractivity contribution >= 4 is 28.6 Å². The predicted molar refractivity (Wildman–Crippen MR) is 125 cm³/mol. The largest absolute Gasteiger partial charge is 0.366 e. The molecule has 3 heterocycles. The van der Waals surface area contributed by atoms with E-state index in [2.05, 4.69) is 92.1 Å². The fraction of sp³-hybridized carbons (Fsp3) is 0.417. The molecule has 152 valence electrons. The zero-order chi connectivity index (χ0) is 20.9. The summed E-state index contributed by atoms with van der Waals surface area (Å²) < 4.78 is 0. The summed E-state index contributed by atoms with van der Waals surface area (Å²) >= 11 is 5.73. The molecule has 4 rings (SSSR count). The second-order valence-electron chi connectivity index (χ2n) is 8.94. The first-order valence-corrected chi connectivity index (χ1v) is 10.7. The van der Waals surface area contributed by atoms with Crippen LogP contribution in [0.15, 0.2) is 48.7 Å². The summed E-state index contributed by atoms with van der Waals surface area (Å²) in [4.78, 5) is 9.30. The second-order valence-corrected chi connectivity index (χ2v) is 9.33. The minimum Gasteiger partial charge on any atom is -0.366 e. The fourth-order valence-corrected chi connectivity index (χ4v) is 5.09. The number of thiocarbonyl (C=S) groups is 1. The lowest BCUT2D eigenvalue weighted by molar-refractivity contribution is 0.269. The molecule has 4 nitrogen and oxygen atoms in total. The lowest BCUT2D eigenvalue weighted by Gasteiger charge is -2.41. The lowest BCUT2D eigenvalue weighted by atomic mass is 9.86. The van der Waals surface area contributed by atoms with Crippen molar-refractivity contribution in [2.75, 3.05) is 11.9 Å². The van der Waals surface area contributed by atoms with Gasteiger partial charge in [-0.3, -0.25) is 4.98 Å². The van der Waals surface area contributed by atoms with Crippen molar-refractivity contribution in [2.45, 2.75) is 58.3 Å². The van der Waals surface area contributed by atoms with Crippen molar-refractivity contribution in [3.8, 4) is 0 Å². The zero-order valence-electron chi connectivity index (χ0n) is 18.1. The highest BCUT2D eigenvalue weighted by atomic mass is 32.1. The van der Waals surface area contributed by atoms with Crippen molar-refractivity contribution in [2.24, 2.45) is 0 Å². The Kier molecular flexibility index (Phi) is 4.89. The first-order chi connectivity index (χ1) is 13.7. The summed E-state index contributed by atoms with van der Waals surface area (Å²) in [5, 5.41) is 4.33. The molecular formula is C24H30N4S. The van der Waals surface area contributed by atoms with Crippen LogP contribution >= 0.6 is 12.2 Å². The Morgan fingerprint density at radius 1 is 1.17 bits per heavy atom. The Balaban J connectivity index is 1.83. The summed E-state index contributed by atoms with van der Waals surface area (Å²) in [6.45, 7) is 11.1. The maximum absolute atomic E-state index is 5.73. The Labute approximate surface area is 179 Å². The maximum Gasteiger partial charge on any atom is 0.170 e. The minimum atomic E-state index is 0.00947. The van der Waals surface area contributed by atoms with Gasteiger partial charge in [0.2, 0.25) is 0 Å². The van der Waals surface area contributed by atoms with E-state index in [1.54, 1.807) is 0 Å². The number of anilines is 1. The molecule has 5 heteroatoms. The molecule has 2 aromatic rings. The van der Waals surface area contributed by atoms with E-state index in [0.717, 1.165) is 10.8 Å². The third kappa shape index (κ3) is 3.31. The molecule has 1 aromatic carbocycles. The summed E-state index contributed by atoms with van der Waals surface area (Å²) in [5.41, 5.74) is 6.19. The van der Waals surface area contributed by atoms with Gasteiger partial charge in [-0.2, -0.15) is 0 Å². The Bertz CT molecular complexity index is 964. The Morgan fingerprint density at radius 3 is 2.59 bits per heavy atom. The van der Waals surface area contributed by atoms with Gasteiger partial charge in [0, 0.05) is 30.5 Å². The fourth-order valence-electron chi connectivity index (χ4n) is 4.64. The number of pyridine rings is 1. The average molecular weight is 407 g/mol. The minimum absolute atomic E-state index is 0.00947. The van der Waals surface area contributed by atoms with Gasteiger partial charge >= 0.3 is 0 Å². The molecule has 0 amide bonds. The number of nitrogens with zero attached hydrogens (tertiary/aromatic N) is 3. The predicted octanol–water partition coefficient (Wildman–Crippen LogP) is 5.09. The number of fused-ring (bicyclic) bond motifs is 1. The van der Waals surface area contributed by atoms with Crippen molar-refractivity contribution < 1.29 is 0 Å². The monoisotopic (exact) mass is 406 g/mol. The number of benzene rings is 1. The van der Waals surface area contributed by atoms with Crippen LogP contribution in [-0.2, 0) is 0 Å². The number of aromatic nitrogens is 1. The number of rotatable bonds is 3. The molecule has 0 aliphatic carbocycles. The van der Waals surface area contributed by atoms with Gasteiger partial charge in [0.25, 0.3) is 0 Å². The quantitative estimate of drug-likeness (QED) is 0.717. The number of nitrogens with one attached hydrogen (secondary N) is 1. The topological polar surface area (TPSA) is 31.4 Å². The summed E-state index contributed by atoms with van der Waals surface area (Å²) in [7, 11) is 2.17. The SMILES string of the molecule is CC1=CC(C)(C)N(C)c2ccc([C@H]3[C@@H](c4ccccn4)NC(=S)N3C(C)C)cc21. The number of hydrogen-bond acceptors (Lipinski definition) is 3. The smallest absolute Gasteiger partial charge is 0.170 e. The van der Waals surface area contributed by atoms with Gasteiger partial charge in [0.05, 0.1) is 23.3 Å². The Morgan fingerprint density at radius 2 is 1.93 bits per heavy atom. The van der Waals surface area contributed by atoms with E-state index in [0.29, 0.717) is 6.04 Å². The van der Waals surface area contributed by atoms with Crippen LogP contribution in [0, 0.1) is 0 Å². The van der Waals surface area contributed by atoms with Crippen LogP contribution in [0.3, 0.4) is 0 Å². The molecule has 0 saturated carbocycles.